The molecule has 1 unspecified atom stereocenters. The Bertz CT molecular complexity index is 639. The molecule has 108 valence electrons. The monoisotopic (exact) mass is 310 g/mol. The van der Waals surface area contributed by atoms with Crippen LogP contribution >= 0.6 is 23.2 Å². The molecular weight excluding hydrogens is 291 g/mol. The number of aromatic nitrogens is 2. The lowest BCUT2D eigenvalue weighted by atomic mass is 9.92. The first-order valence-corrected chi connectivity index (χ1v) is 8.05. The molecular formula is C16H20Cl2N2. The van der Waals surface area contributed by atoms with Crippen molar-refractivity contribution < 1.29 is 0 Å². The summed E-state index contributed by atoms with van der Waals surface area (Å²) < 4.78 is 2.25. The summed E-state index contributed by atoms with van der Waals surface area (Å²) >= 11 is 12.7. The Morgan fingerprint density at radius 3 is 2.55 bits per heavy atom. The van der Waals surface area contributed by atoms with Crippen LogP contribution in [0.25, 0.3) is 11.0 Å². The van der Waals surface area contributed by atoms with Crippen LogP contribution in [0, 0.1) is 11.3 Å². The molecule has 0 bridgehead atoms. The Labute approximate surface area is 130 Å². The number of para-hydroxylation sites is 1. The van der Waals surface area contributed by atoms with E-state index in [1.807, 2.05) is 25.1 Å². The molecule has 1 aliphatic carbocycles. The van der Waals surface area contributed by atoms with Crippen LogP contribution in [-0.2, 0) is 6.54 Å². The fraction of sp³-hybridized carbons (Fsp3) is 0.562. The first-order chi connectivity index (χ1) is 9.44. The van der Waals surface area contributed by atoms with Gasteiger partial charge in [0.25, 0.3) is 0 Å². The lowest BCUT2D eigenvalue weighted by Crippen LogP contribution is -2.19. The van der Waals surface area contributed by atoms with Gasteiger partial charge < -0.3 is 4.57 Å². The first-order valence-electron chi connectivity index (χ1n) is 7.23. The highest BCUT2D eigenvalue weighted by Crippen LogP contribution is 2.54. The van der Waals surface area contributed by atoms with E-state index in [0.29, 0.717) is 11.3 Å². The first kappa shape index (κ1) is 14.2. The summed E-state index contributed by atoms with van der Waals surface area (Å²) in [5.74, 6) is 1.60. The molecule has 0 aliphatic heterocycles. The van der Waals surface area contributed by atoms with Crippen LogP contribution in [0.5, 0.6) is 0 Å². The van der Waals surface area contributed by atoms with E-state index in [0.717, 1.165) is 28.4 Å². The highest BCUT2D eigenvalue weighted by molar-refractivity contribution is 6.35. The Hall–Kier alpha value is -0.730. The fourth-order valence-corrected chi connectivity index (χ4v) is 3.46. The smallest absolute Gasteiger partial charge is 0.127 e. The van der Waals surface area contributed by atoms with Gasteiger partial charge in [-0.1, -0.05) is 31.5 Å². The largest absolute Gasteiger partial charge is 0.325 e. The van der Waals surface area contributed by atoms with Crippen molar-refractivity contribution in [1.29, 1.82) is 0 Å². The fourth-order valence-electron chi connectivity index (χ4n) is 3.02. The van der Waals surface area contributed by atoms with E-state index in [9.17, 15) is 0 Å². The van der Waals surface area contributed by atoms with E-state index < -0.39 is 0 Å². The van der Waals surface area contributed by atoms with Gasteiger partial charge in [-0.3, -0.25) is 0 Å². The van der Waals surface area contributed by atoms with Gasteiger partial charge in [0.15, 0.2) is 0 Å². The molecule has 2 nitrogen and oxygen atoms in total. The predicted molar refractivity (Wildman–Crippen MR) is 85.5 cm³/mol. The molecule has 20 heavy (non-hydrogen) atoms. The van der Waals surface area contributed by atoms with Crippen LogP contribution in [0.4, 0.5) is 0 Å². The van der Waals surface area contributed by atoms with Gasteiger partial charge in [-0.15, -0.1) is 11.6 Å². The van der Waals surface area contributed by atoms with Gasteiger partial charge >= 0.3 is 0 Å². The Kier molecular flexibility index (Phi) is 3.50. The molecule has 1 atom stereocenters. The van der Waals surface area contributed by atoms with Crippen LogP contribution in [0.2, 0.25) is 5.02 Å². The van der Waals surface area contributed by atoms with Gasteiger partial charge in [-0.2, -0.15) is 0 Å². The normalized spacial score (nSPS) is 18.7. The summed E-state index contributed by atoms with van der Waals surface area (Å²) in [6, 6.07) is 5.88. The Morgan fingerprint density at radius 2 is 2.00 bits per heavy atom. The van der Waals surface area contributed by atoms with Crippen molar-refractivity contribution in [2.45, 2.75) is 45.5 Å². The van der Waals surface area contributed by atoms with Gasteiger partial charge in [0.05, 0.1) is 21.4 Å². The molecule has 2 aromatic rings. The molecule has 1 aromatic heterocycles. The topological polar surface area (TPSA) is 17.8 Å². The standard InChI is InChI=1S/C16H20Cl2N2/c1-10(2)16(7-8-16)9-20-14-12(18)5-4-6-13(14)19-15(20)11(3)17/h4-6,10-11H,7-9H2,1-3H3. The van der Waals surface area contributed by atoms with Gasteiger partial charge in [0.2, 0.25) is 0 Å². The lowest BCUT2D eigenvalue weighted by molar-refractivity contribution is 0.308. The SMILES string of the molecule is CC(Cl)c1nc2cccc(Cl)c2n1CC1(C(C)C)CC1. The Balaban J connectivity index is 2.14. The maximum atomic E-state index is 6.41. The number of hydrogen-bond acceptors (Lipinski definition) is 1. The number of halogens is 2. The van der Waals surface area contributed by atoms with E-state index in [1.165, 1.54) is 12.8 Å². The molecule has 1 aliphatic rings. The molecule has 0 amide bonds. The third kappa shape index (κ3) is 2.23. The second kappa shape index (κ2) is 4.92. The summed E-state index contributed by atoms with van der Waals surface area (Å²) in [4.78, 5) is 4.69. The van der Waals surface area contributed by atoms with Crippen LogP contribution in [0.3, 0.4) is 0 Å². The van der Waals surface area contributed by atoms with Gasteiger partial charge in [0.1, 0.15) is 5.82 Å². The number of imidazole rings is 1. The summed E-state index contributed by atoms with van der Waals surface area (Å²) in [5.41, 5.74) is 2.37. The van der Waals surface area contributed by atoms with Crippen LogP contribution in [0.1, 0.15) is 44.8 Å². The second-order valence-electron chi connectivity index (χ2n) is 6.30. The lowest BCUT2D eigenvalue weighted by Gasteiger charge is -2.22. The van der Waals surface area contributed by atoms with Gasteiger partial charge in [0, 0.05) is 6.54 Å². The van der Waals surface area contributed by atoms with E-state index in [4.69, 9.17) is 28.2 Å². The summed E-state index contributed by atoms with van der Waals surface area (Å²) in [7, 11) is 0. The zero-order chi connectivity index (χ0) is 14.5. The minimum Gasteiger partial charge on any atom is -0.325 e. The number of alkyl halides is 1. The summed E-state index contributed by atoms with van der Waals surface area (Å²) in [6.45, 7) is 7.55. The van der Waals surface area contributed by atoms with E-state index in [2.05, 4.69) is 18.4 Å². The van der Waals surface area contributed by atoms with E-state index in [-0.39, 0.29) is 5.38 Å². The number of hydrogen-bond donors (Lipinski definition) is 0. The van der Waals surface area contributed by atoms with Crippen LogP contribution in [0.15, 0.2) is 18.2 Å². The Morgan fingerprint density at radius 1 is 1.30 bits per heavy atom. The maximum Gasteiger partial charge on any atom is 0.127 e. The zero-order valence-corrected chi connectivity index (χ0v) is 13.7. The number of benzene rings is 1. The second-order valence-corrected chi connectivity index (χ2v) is 7.36. The van der Waals surface area contributed by atoms with Crippen molar-refractivity contribution in [3.05, 3.63) is 29.0 Å². The van der Waals surface area contributed by atoms with Crippen molar-refractivity contribution in [2.75, 3.05) is 0 Å². The predicted octanol–water partition coefficient (Wildman–Crippen LogP) is 5.43. The summed E-state index contributed by atoms with van der Waals surface area (Å²) in [5, 5.41) is 0.652. The summed E-state index contributed by atoms with van der Waals surface area (Å²) in [6.07, 6.45) is 2.57. The molecule has 3 rings (SSSR count). The highest BCUT2D eigenvalue weighted by atomic mass is 35.5. The van der Waals surface area contributed by atoms with Crippen LogP contribution in [-0.4, -0.2) is 9.55 Å². The minimum absolute atomic E-state index is 0.110. The molecule has 1 saturated carbocycles. The molecule has 1 fully saturated rings. The average molecular weight is 311 g/mol. The highest BCUT2D eigenvalue weighted by Gasteiger charge is 2.46. The number of rotatable bonds is 4. The minimum atomic E-state index is -0.110. The molecule has 0 radical (unpaired) electrons. The van der Waals surface area contributed by atoms with Crippen molar-refractivity contribution in [3.63, 3.8) is 0 Å². The molecule has 1 aromatic carbocycles. The van der Waals surface area contributed by atoms with Crippen molar-refractivity contribution in [2.24, 2.45) is 11.3 Å². The zero-order valence-electron chi connectivity index (χ0n) is 12.2. The third-order valence-corrected chi connectivity index (χ3v) is 5.19. The number of fused-ring (bicyclic) bond motifs is 1. The molecule has 1 heterocycles. The van der Waals surface area contributed by atoms with Crippen LogP contribution < -0.4 is 0 Å². The third-order valence-electron chi connectivity index (χ3n) is 4.69. The van der Waals surface area contributed by atoms with E-state index >= 15 is 0 Å². The molecule has 4 heteroatoms. The van der Waals surface area contributed by atoms with Crippen molar-refractivity contribution in [3.8, 4) is 0 Å². The molecule has 0 N–H and O–H groups in total. The van der Waals surface area contributed by atoms with E-state index in [1.54, 1.807) is 0 Å². The van der Waals surface area contributed by atoms with Gasteiger partial charge in [-0.25, -0.2) is 4.98 Å². The molecule has 0 spiro atoms. The van der Waals surface area contributed by atoms with Gasteiger partial charge in [-0.05, 0) is 43.2 Å². The quantitative estimate of drug-likeness (QED) is 0.689. The molecule has 0 saturated heterocycles. The maximum absolute atomic E-state index is 6.41. The van der Waals surface area contributed by atoms with Crippen molar-refractivity contribution in [1.82, 2.24) is 9.55 Å². The average Bonchev–Trinajstić information content (AvgIpc) is 3.06. The van der Waals surface area contributed by atoms with Crippen molar-refractivity contribution >= 4 is 34.2 Å². The number of nitrogens with zero attached hydrogens (tertiary/aromatic N) is 2.